The molecule has 1 aromatic rings. The SMILES string of the molecule is Cc1cc(OC(=O)C2CCC(C3CCC(C)CC3)CC2)c(C)c(C)c1C. The number of hydrogen-bond acceptors (Lipinski definition) is 2. The molecule has 0 amide bonds. The number of rotatable bonds is 3. The predicted octanol–water partition coefficient (Wildman–Crippen LogP) is 6.46. The van der Waals surface area contributed by atoms with Crippen molar-refractivity contribution in [2.75, 3.05) is 0 Å². The summed E-state index contributed by atoms with van der Waals surface area (Å²) in [6, 6.07) is 2.03. The van der Waals surface area contributed by atoms with E-state index in [-0.39, 0.29) is 11.9 Å². The van der Waals surface area contributed by atoms with Gasteiger partial charge >= 0.3 is 5.97 Å². The van der Waals surface area contributed by atoms with E-state index in [4.69, 9.17) is 4.74 Å². The molecule has 144 valence electrons. The van der Waals surface area contributed by atoms with Gasteiger partial charge in [0, 0.05) is 0 Å². The summed E-state index contributed by atoms with van der Waals surface area (Å²) in [7, 11) is 0. The van der Waals surface area contributed by atoms with Crippen LogP contribution in [0.3, 0.4) is 0 Å². The minimum Gasteiger partial charge on any atom is -0.426 e. The molecule has 0 saturated heterocycles. The molecular formula is C24H36O2. The van der Waals surface area contributed by atoms with Crippen molar-refractivity contribution in [3.63, 3.8) is 0 Å². The van der Waals surface area contributed by atoms with Gasteiger partial charge < -0.3 is 4.74 Å². The van der Waals surface area contributed by atoms with E-state index >= 15 is 0 Å². The number of hydrogen-bond donors (Lipinski definition) is 0. The Labute approximate surface area is 159 Å². The van der Waals surface area contributed by atoms with Gasteiger partial charge in [0.1, 0.15) is 5.75 Å². The summed E-state index contributed by atoms with van der Waals surface area (Å²) in [6.45, 7) is 10.8. The van der Waals surface area contributed by atoms with Crippen LogP contribution >= 0.6 is 0 Å². The molecule has 2 aliphatic rings. The van der Waals surface area contributed by atoms with Crippen molar-refractivity contribution in [3.05, 3.63) is 28.3 Å². The van der Waals surface area contributed by atoms with E-state index in [9.17, 15) is 4.79 Å². The van der Waals surface area contributed by atoms with Crippen LogP contribution in [0.5, 0.6) is 5.75 Å². The smallest absolute Gasteiger partial charge is 0.314 e. The first-order valence-corrected chi connectivity index (χ1v) is 10.7. The lowest BCUT2D eigenvalue weighted by Gasteiger charge is -2.36. The van der Waals surface area contributed by atoms with E-state index in [1.807, 2.05) is 6.07 Å². The highest BCUT2D eigenvalue weighted by Crippen LogP contribution is 2.41. The van der Waals surface area contributed by atoms with Gasteiger partial charge in [-0.1, -0.05) is 19.8 Å². The maximum atomic E-state index is 12.7. The Bertz CT molecular complexity index is 645. The van der Waals surface area contributed by atoms with Gasteiger partial charge in [0.05, 0.1) is 5.92 Å². The Morgan fingerprint density at radius 2 is 1.35 bits per heavy atom. The summed E-state index contributed by atoms with van der Waals surface area (Å²) in [6.07, 6.45) is 10.1. The van der Waals surface area contributed by atoms with Crippen LogP contribution in [-0.4, -0.2) is 5.97 Å². The largest absolute Gasteiger partial charge is 0.426 e. The summed E-state index contributed by atoms with van der Waals surface area (Å²) in [5, 5.41) is 0. The van der Waals surface area contributed by atoms with Gasteiger partial charge in [0.2, 0.25) is 0 Å². The molecule has 0 unspecified atom stereocenters. The zero-order valence-electron chi connectivity index (χ0n) is 17.4. The Morgan fingerprint density at radius 1 is 0.808 bits per heavy atom. The van der Waals surface area contributed by atoms with E-state index in [0.29, 0.717) is 0 Å². The first kappa shape index (κ1) is 19.5. The highest BCUT2D eigenvalue weighted by molar-refractivity contribution is 5.76. The van der Waals surface area contributed by atoms with Gasteiger partial charge in [0.25, 0.3) is 0 Å². The molecule has 0 spiro atoms. The number of carbonyl (C=O) groups is 1. The second kappa shape index (κ2) is 8.15. The van der Waals surface area contributed by atoms with Crippen LogP contribution in [0.15, 0.2) is 6.07 Å². The monoisotopic (exact) mass is 356 g/mol. The normalized spacial score (nSPS) is 29.4. The molecule has 0 aromatic heterocycles. The topological polar surface area (TPSA) is 26.3 Å². The molecule has 2 saturated carbocycles. The Morgan fingerprint density at radius 3 is 1.92 bits per heavy atom. The molecule has 26 heavy (non-hydrogen) atoms. The fourth-order valence-corrected chi connectivity index (χ4v) is 5.06. The molecule has 0 heterocycles. The predicted molar refractivity (Wildman–Crippen MR) is 108 cm³/mol. The lowest BCUT2D eigenvalue weighted by Crippen LogP contribution is -2.30. The van der Waals surface area contributed by atoms with Gasteiger partial charge in [-0.2, -0.15) is 0 Å². The molecule has 1 aromatic carbocycles. The van der Waals surface area contributed by atoms with E-state index in [1.165, 1.54) is 55.2 Å². The summed E-state index contributed by atoms with van der Waals surface area (Å²) in [4.78, 5) is 12.7. The van der Waals surface area contributed by atoms with Crippen molar-refractivity contribution in [1.82, 2.24) is 0 Å². The van der Waals surface area contributed by atoms with Crippen LogP contribution in [-0.2, 0) is 4.79 Å². The van der Waals surface area contributed by atoms with Crippen LogP contribution in [0.4, 0.5) is 0 Å². The van der Waals surface area contributed by atoms with Crippen molar-refractivity contribution in [1.29, 1.82) is 0 Å². The molecule has 0 atom stereocenters. The van der Waals surface area contributed by atoms with Crippen LogP contribution in [0.2, 0.25) is 0 Å². The van der Waals surface area contributed by atoms with Crippen molar-refractivity contribution >= 4 is 5.97 Å². The number of ether oxygens (including phenoxy) is 1. The fraction of sp³-hybridized carbons (Fsp3) is 0.708. The third-order valence-corrected chi connectivity index (χ3v) is 7.48. The number of benzene rings is 1. The minimum absolute atomic E-state index is 0.00790. The van der Waals surface area contributed by atoms with E-state index in [0.717, 1.165) is 41.9 Å². The van der Waals surface area contributed by atoms with E-state index in [2.05, 4.69) is 34.6 Å². The summed E-state index contributed by atoms with van der Waals surface area (Å²) in [5.41, 5.74) is 4.84. The molecule has 2 heteroatoms. The quantitative estimate of drug-likeness (QED) is 0.459. The van der Waals surface area contributed by atoms with Crippen LogP contribution < -0.4 is 4.74 Å². The molecule has 2 aliphatic carbocycles. The zero-order chi connectivity index (χ0) is 18.8. The van der Waals surface area contributed by atoms with Crippen molar-refractivity contribution in [2.45, 2.75) is 86.0 Å². The Hall–Kier alpha value is -1.31. The van der Waals surface area contributed by atoms with Crippen molar-refractivity contribution in [3.8, 4) is 5.75 Å². The Kier molecular flexibility index (Phi) is 6.10. The molecular weight excluding hydrogens is 320 g/mol. The lowest BCUT2D eigenvalue weighted by molar-refractivity contribution is -0.140. The average Bonchev–Trinajstić information content (AvgIpc) is 2.65. The molecule has 2 fully saturated rings. The van der Waals surface area contributed by atoms with E-state index in [1.54, 1.807) is 0 Å². The molecule has 3 rings (SSSR count). The zero-order valence-corrected chi connectivity index (χ0v) is 17.4. The maximum absolute atomic E-state index is 12.7. The molecule has 2 nitrogen and oxygen atoms in total. The molecule has 0 radical (unpaired) electrons. The van der Waals surface area contributed by atoms with Crippen molar-refractivity contribution in [2.24, 2.45) is 23.7 Å². The van der Waals surface area contributed by atoms with Crippen LogP contribution in [0.25, 0.3) is 0 Å². The first-order valence-electron chi connectivity index (χ1n) is 10.7. The molecule has 0 N–H and O–H groups in total. The van der Waals surface area contributed by atoms with Gasteiger partial charge in [0.15, 0.2) is 0 Å². The van der Waals surface area contributed by atoms with E-state index < -0.39 is 0 Å². The number of esters is 1. The number of aryl methyl sites for hydroxylation is 1. The van der Waals surface area contributed by atoms with Crippen LogP contribution in [0.1, 0.15) is 80.5 Å². The molecule has 0 aliphatic heterocycles. The fourth-order valence-electron chi connectivity index (χ4n) is 5.06. The summed E-state index contributed by atoms with van der Waals surface area (Å²) in [5.74, 6) is 3.52. The highest BCUT2D eigenvalue weighted by Gasteiger charge is 2.33. The molecule has 0 bridgehead atoms. The summed E-state index contributed by atoms with van der Waals surface area (Å²) < 4.78 is 5.86. The van der Waals surface area contributed by atoms with Gasteiger partial charge in [-0.05, 0) is 112 Å². The maximum Gasteiger partial charge on any atom is 0.314 e. The summed E-state index contributed by atoms with van der Waals surface area (Å²) >= 11 is 0. The lowest BCUT2D eigenvalue weighted by atomic mass is 9.69. The van der Waals surface area contributed by atoms with Crippen molar-refractivity contribution < 1.29 is 9.53 Å². The van der Waals surface area contributed by atoms with Gasteiger partial charge in [-0.3, -0.25) is 4.79 Å². The second-order valence-corrected chi connectivity index (χ2v) is 9.12. The minimum atomic E-state index is -0.00790. The average molecular weight is 357 g/mol. The third kappa shape index (κ3) is 4.15. The third-order valence-electron chi connectivity index (χ3n) is 7.48. The van der Waals surface area contributed by atoms with Gasteiger partial charge in [-0.15, -0.1) is 0 Å². The van der Waals surface area contributed by atoms with Gasteiger partial charge in [-0.25, -0.2) is 0 Å². The number of carbonyl (C=O) groups excluding carboxylic acids is 1. The first-order chi connectivity index (χ1) is 12.4. The highest BCUT2D eigenvalue weighted by atomic mass is 16.5. The van der Waals surface area contributed by atoms with Crippen LogP contribution in [0, 0.1) is 51.4 Å². The standard InChI is InChI=1S/C24H36O2/c1-15-6-8-20(9-7-15)21-10-12-22(13-11-21)24(25)26-23-14-16(2)17(3)18(4)19(23)5/h14-15,20-22H,6-13H2,1-5H3. The Balaban J connectivity index is 1.56. The second-order valence-electron chi connectivity index (χ2n) is 9.12.